The molecule has 0 saturated heterocycles. The van der Waals surface area contributed by atoms with Crippen LogP contribution < -0.4 is 4.72 Å². The van der Waals surface area contributed by atoms with E-state index in [1.807, 2.05) is 0 Å². The Balaban J connectivity index is 2.93. The molecule has 0 aromatic carbocycles. The van der Waals surface area contributed by atoms with Gasteiger partial charge in [0.2, 0.25) is 0 Å². The van der Waals surface area contributed by atoms with Crippen LogP contribution in [0.5, 0.6) is 0 Å². The van der Waals surface area contributed by atoms with E-state index in [0.717, 1.165) is 18.4 Å². The van der Waals surface area contributed by atoms with E-state index in [1.165, 1.54) is 11.8 Å². The Hall–Kier alpha value is -0.840. The second-order valence-electron chi connectivity index (χ2n) is 3.64. The third kappa shape index (κ3) is 4.06. The van der Waals surface area contributed by atoms with E-state index in [1.54, 1.807) is 6.92 Å². The zero-order valence-electron chi connectivity index (χ0n) is 10.6. The summed E-state index contributed by atoms with van der Waals surface area (Å²) in [6.45, 7) is 1.68. The molecule has 19 heavy (non-hydrogen) atoms. The lowest BCUT2D eigenvalue weighted by Crippen LogP contribution is -2.33. The fourth-order valence-corrected chi connectivity index (χ4v) is 3.80. The molecule has 0 fully saturated rings. The molecule has 0 bridgehead atoms. The second kappa shape index (κ2) is 6.55. The van der Waals surface area contributed by atoms with Crippen molar-refractivity contribution in [2.75, 3.05) is 19.9 Å². The molecule has 0 radical (unpaired) electrons. The number of sulfonamides is 1. The topological polar surface area (TPSA) is 102 Å². The van der Waals surface area contributed by atoms with Crippen LogP contribution in [0.4, 0.5) is 0 Å². The summed E-state index contributed by atoms with van der Waals surface area (Å²) < 4.78 is 41.8. The third-order valence-corrected chi connectivity index (χ3v) is 6.38. The molecule has 1 aromatic rings. The molecule has 2 atom stereocenters. The van der Waals surface area contributed by atoms with Gasteiger partial charge in [0.1, 0.15) is 0 Å². The van der Waals surface area contributed by atoms with Crippen molar-refractivity contribution in [1.29, 1.82) is 0 Å². The molecule has 0 spiro atoms. The molecule has 1 heterocycles. The summed E-state index contributed by atoms with van der Waals surface area (Å²) in [7, 11) is -3.85. The largest absolute Gasteiger partial charge is 0.464 e. The maximum absolute atomic E-state index is 12.0. The molecule has 0 aliphatic rings. The van der Waals surface area contributed by atoms with Crippen molar-refractivity contribution >= 4 is 38.1 Å². The van der Waals surface area contributed by atoms with Crippen LogP contribution in [0.3, 0.4) is 0 Å². The van der Waals surface area contributed by atoms with Gasteiger partial charge in [-0.3, -0.25) is 4.21 Å². The van der Waals surface area contributed by atoms with Gasteiger partial charge in [-0.05, 0) is 6.92 Å². The second-order valence-corrected chi connectivity index (χ2v) is 8.26. The lowest BCUT2D eigenvalue weighted by Gasteiger charge is -2.10. The van der Waals surface area contributed by atoms with Crippen molar-refractivity contribution in [1.82, 2.24) is 9.71 Å². The van der Waals surface area contributed by atoms with Gasteiger partial charge in [0.25, 0.3) is 10.0 Å². The van der Waals surface area contributed by atoms with Crippen LogP contribution >= 0.6 is 11.3 Å². The SMILES string of the molecule is COC(=O)c1ncsc1S(=O)(=O)NCC(C)S(C)=O. The zero-order valence-corrected chi connectivity index (χ0v) is 13.0. The Morgan fingerprint density at radius 3 is 2.79 bits per heavy atom. The number of hydrogen-bond acceptors (Lipinski definition) is 7. The van der Waals surface area contributed by atoms with Gasteiger partial charge in [-0.15, -0.1) is 11.3 Å². The average molecular weight is 326 g/mol. The first-order valence-corrected chi connectivity index (χ1v) is 9.11. The maximum atomic E-state index is 12.0. The van der Waals surface area contributed by atoms with Crippen molar-refractivity contribution in [3.8, 4) is 0 Å². The first kappa shape index (κ1) is 16.2. The van der Waals surface area contributed by atoms with Crippen LogP contribution in [0.15, 0.2) is 9.72 Å². The highest BCUT2D eigenvalue weighted by Gasteiger charge is 2.26. The standard InChI is InChI=1S/C9H14N2O5S3/c1-6(18(3)13)4-11-19(14,15)9-7(8(12)16-2)10-5-17-9/h5-6,11H,4H2,1-3H3. The van der Waals surface area contributed by atoms with Crippen molar-refractivity contribution in [3.63, 3.8) is 0 Å². The van der Waals surface area contributed by atoms with Crippen LogP contribution in [0.2, 0.25) is 0 Å². The van der Waals surface area contributed by atoms with Crippen molar-refractivity contribution in [2.24, 2.45) is 0 Å². The van der Waals surface area contributed by atoms with E-state index >= 15 is 0 Å². The molecule has 1 N–H and O–H groups in total. The number of hydrogen-bond donors (Lipinski definition) is 1. The fraction of sp³-hybridized carbons (Fsp3) is 0.556. The highest BCUT2D eigenvalue weighted by atomic mass is 32.2. The van der Waals surface area contributed by atoms with Gasteiger partial charge in [-0.2, -0.15) is 0 Å². The molecule has 0 aliphatic heterocycles. The minimum absolute atomic E-state index is 0.0178. The van der Waals surface area contributed by atoms with Gasteiger partial charge in [-0.25, -0.2) is 22.9 Å². The number of methoxy groups -OCH3 is 1. The van der Waals surface area contributed by atoms with E-state index in [9.17, 15) is 17.4 Å². The Labute approximate surface area is 117 Å². The number of rotatable bonds is 6. The van der Waals surface area contributed by atoms with Crippen molar-refractivity contribution in [2.45, 2.75) is 16.4 Å². The van der Waals surface area contributed by atoms with Crippen molar-refractivity contribution in [3.05, 3.63) is 11.2 Å². The number of nitrogens with one attached hydrogen (secondary N) is 1. The summed E-state index contributed by atoms with van der Waals surface area (Å²) in [5, 5.41) is -0.329. The minimum atomic E-state index is -3.86. The van der Waals surface area contributed by atoms with Crippen LogP contribution in [0.25, 0.3) is 0 Å². The van der Waals surface area contributed by atoms with E-state index in [-0.39, 0.29) is 21.7 Å². The molecular weight excluding hydrogens is 312 g/mol. The normalized spacial score (nSPS) is 14.9. The molecule has 7 nitrogen and oxygen atoms in total. The summed E-state index contributed by atoms with van der Waals surface area (Å²) in [5.41, 5.74) is 1.01. The first-order valence-electron chi connectivity index (χ1n) is 5.13. The molecule has 1 aromatic heterocycles. The maximum Gasteiger partial charge on any atom is 0.358 e. The Bertz CT molecular complexity index is 580. The summed E-state index contributed by atoms with van der Waals surface area (Å²) in [6, 6.07) is 0. The van der Waals surface area contributed by atoms with Gasteiger partial charge in [0.15, 0.2) is 9.90 Å². The number of esters is 1. The quantitative estimate of drug-likeness (QED) is 0.737. The first-order chi connectivity index (χ1) is 8.79. The summed E-state index contributed by atoms with van der Waals surface area (Å²) in [4.78, 5) is 15.0. The summed E-state index contributed by atoms with van der Waals surface area (Å²) in [6.07, 6.45) is 1.49. The van der Waals surface area contributed by atoms with Gasteiger partial charge in [0, 0.05) is 28.9 Å². The number of aromatic nitrogens is 1. The van der Waals surface area contributed by atoms with Gasteiger partial charge < -0.3 is 4.74 Å². The number of thiazole rings is 1. The smallest absolute Gasteiger partial charge is 0.358 e. The Kier molecular flexibility index (Phi) is 5.59. The molecular formula is C9H14N2O5S3. The Morgan fingerprint density at radius 2 is 2.26 bits per heavy atom. The zero-order chi connectivity index (χ0) is 14.6. The molecule has 0 amide bonds. The highest BCUT2D eigenvalue weighted by Crippen LogP contribution is 2.20. The van der Waals surface area contributed by atoms with Crippen LogP contribution in [-0.2, 0) is 25.6 Å². The highest BCUT2D eigenvalue weighted by molar-refractivity contribution is 7.91. The molecule has 1 rings (SSSR count). The average Bonchev–Trinajstić information content (AvgIpc) is 2.84. The van der Waals surface area contributed by atoms with Crippen LogP contribution in [-0.4, -0.2) is 48.7 Å². The molecule has 0 aliphatic carbocycles. The number of nitrogens with zero attached hydrogens (tertiary/aromatic N) is 1. The fourth-order valence-electron chi connectivity index (χ4n) is 1.07. The third-order valence-electron chi connectivity index (χ3n) is 2.29. The summed E-state index contributed by atoms with van der Waals surface area (Å²) in [5.74, 6) is -0.811. The lowest BCUT2D eigenvalue weighted by atomic mass is 10.5. The van der Waals surface area contributed by atoms with E-state index in [0.29, 0.717) is 0 Å². The van der Waals surface area contributed by atoms with Gasteiger partial charge in [0.05, 0.1) is 12.6 Å². The van der Waals surface area contributed by atoms with Crippen molar-refractivity contribution < 1.29 is 22.2 Å². The van der Waals surface area contributed by atoms with Crippen LogP contribution in [0, 0.1) is 0 Å². The molecule has 2 unspecified atom stereocenters. The minimum Gasteiger partial charge on any atom is -0.464 e. The number of carbonyl (C=O) groups excluding carboxylic acids is 1. The lowest BCUT2D eigenvalue weighted by molar-refractivity contribution is 0.0590. The predicted octanol–water partition coefficient (Wildman–Crippen LogP) is -0.0250. The molecule has 108 valence electrons. The predicted molar refractivity (Wildman–Crippen MR) is 72.2 cm³/mol. The van der Waals surface area contributed by atoms with Crippen LogP contribution in [0.1, 0.15) is 17.4 Å². The molecule has 0 saturated carbocycles. The van der Waals surface area contributed by atoms with Gasteiger partial charge >= 0.3 is 5.97 Å². The van der Waals surface area contributed by atoms with E-state index in [2.05, 4.69) is 14.4 Å². The Morgan fingerprint density at radius 1 is 1.63 bits per heavy atom. The van der Waals surface area contributed by atoms with Gasteiger partial charge in [-0.1, -0.05) is 0 Å². The van der Waals surface area contributed by atoms with E-state index in [4.69, 9.17) is 0 Å². The molecule has 10 heteroatoms. The summed E-state index contributed by atoms with van der Waals surface area (Å²) >= 11 is 0.822. The monoisotopic (exact) mass is 326 g/mol. The number of carbonyl (C=O) groups is 1. The van der Waals surface area contributed by atoms with E-state index < -0.39 is 26.8 Å². The number of ether oxygens (including phenoxy) is 1.